The molecule has 7 aliphatic heterocycles. The maximum Gasteiger partial charge on any atom is 0.297 e. The van der Waals surface area contributed by atoms with E-state index in [4.69, 9.17) is 38.4 Å². The van der Waals surface area contributed by atoms with Crippen LogP contribution in [0.4, 0.5) is 34.3 Å². The highest BCUT2D eigenvalue weighted by atomic mass is 32.2. The van der Waals surface area contributed by atoms with Crippen LogP contribution in [-0.2, 0) is 25.9 Å². The monoisotopic (exact) mass is 1150 g/mol. The van der Waals surface area contributed by atoms with Crippen molar-refractivity contribution in [3.05, 3.63) is 106 Å². The zero-order chi connectivity index (χ0) is 56.6. The Kier molecular flexibility index (Phi) is 13.9. The molecule has 1 aliphatic carbocycles. The molecule has 1 spiro atoms. The van der Waals surface area contributed by atoms with Gasteiger partial charge in [-0.3, -0.25) is 19.8 Å². The number of pyridine rings is 1. The van der Waals surface area contributed by atoms with Crippen molar-refractivity contribution in [2.45, 2.75) is 113 Å². The number of rotatable bonds is 12. The van der Waals surface area contributed by atoms with Crippen molar-refractivity contribution in [2.24, 2.45) is 11.3 Å². The van der Waals surface area contributed by atoms with Crippen LogP contribution in [0.15, 0.2) is 84.1 Å². The molecular weight excluding hydrogens is 1080 g/mol. The minimum atomic E-state index is -4.72. The average molecular weight is 1150 g/mol. The summed E-state index contributed by atoms with van der Waals surface area (Å²) in [5.74, 6) is 2.20. The zero-order valence-electron chi connectivity index (χ0n) is 46.7. The first-order chi connectivity index (χ1) is 40.3. The highest BCUT2D eigenvalue weighted by molar-refractivity contribution is 7.90. The standard InChI is InChI=1S/C60H69N11O11S/c1-36(2)81-51-8-4-3-6-42(51)50-32-68(56-44-7-5-22-79-58(44)63-35-62-56)20-21-69(50)40-30-60(31-40)15-18-67(19-16-60)39-9-10-43(47(27-39)70-46-14-25-78-34-53(46)82-59-49(70)26-38-11-17-61-55(38)65-59)57(72)66-83(75,76)41-28-48(71(73)74)54-52(29-41)80-33-45(64-54)37-12-23-77-24-13-37/h3-4,6,8-11,17,26-29,35-37,40,45-46,50,53,64H,5,7,12-16,18-25,30-34H2,1-2H3,(H,61,65)(H,66,72)/t45-,46-,50-,53-/m0/s1. The number of piperidine rings is 1. The lowest BCUT2D eigenvalue weighted by Gasteiger charge is -2.58. The Morgan fingerprint density at radius 2 is 1.72 bits per heavy atom. The molecule has 8 aliphatic rings. The van der Waals surface area contributed by atoms with E-state index in [-0.39, 0.29) is 65.8 Å². The molecular formula is C60H69N11O11S. The van der Waals surface area contributed by atoms with Crippen molar-refractivity contribution < 1.29 is 46.6 Å². The van der Waals surface area contributed by atoms with E-state index in [2.05, 4.69) is 77.7 Å². The van der Waals surface area contributed by atoms with Crippen LogP contribution in [0.1, 0.15) is 92.7 Å². The van der Waals surface area contributed by atoms with Gasteiger partial charge in [-0.25, -0.2) is 23.1 Å². The van der Waals surface area contributed by atoms with Gasteiger partial charge in [0.2, 0.25) is 11.8 Å². The Hall–Kier alpha value is -7.47. The summed E-state index contributed by atoms with van der Waals surface area (Å²) in [5.41, 5.74) is 4.78. The number of benzene rings is 3. The summed E-state index contributed by atoms with van der Waals surface area (Å²) >= 11 is 0. The van der Waals surface area contributed by atoms with E-state index >= 15 is 0 Å². The maximum atomic E-state index is 15.0. The van der Waals surface area contributed by atoms with Crippen LogP contribution in [0.25, 0.3) is 11.0 Å². The number of fused-ring (bicyclic) bond motifs is 5. The van der Waals surface area contributed by atoms with Crippen LogP contribution in [-0.4, -0.2) is 147 Å². The number of piperazine rings is 1. The van der Waals surface area contributed by atoms with Gasteiger partial charge in [0.15, 0.2) is 11.4 Å². The van der Waals surface area contributed by atoms with Crippen molar-refractivity contribution in [3.63, 3.8) is 0 Å². The molecule has 5 fully saturated rings. The summed E-state index contributed by atoms with van der Waals surface area (Å²) in [5, 5.41) is 16.7. The minimum Gasteiger partial charge on any atom is -0.491 e. The molecule has 3 aromatic heterocycles. The summed E-state index contributed by atoms with van der Waals surface area (Å²) in [6.07, 6.45) is 11.0. The van der Waals surface area contributed by atoms with Gasteiger partial charge in [-0.15, -0.1) is 0 Å². The first-order valence-electron chi connectivity index (χ1n) is 29.4. The van der Waals surface area contributed by atoms with Gasteiger partial charge in [0.25, 0.3) is 21.6 Å². The summed E-state index contributed by atoms with van der Waals surface area (Å²) < 4.78 is 67.9. The second-order valence-corrected chi connectivity index (χ2v) is 25.5. The van der Waals surface area contributed by atoms with Crippen LogP contribution in [0.2, 0.25) is 0 Å². The van der Waals surface area contributed by atoms with E-state index in [0.29, 0.717) is 67.7 Å². The first kappa shape index (κ1) is 53.5. The molecule has 23 heteroatoms. The quantitative estimate of drug-likeness (QED) is 0.0774. The highest BCUT2D eigenvalue weighted by Crippen LogP contribution is 2.54. The topological polar surface area (TPSA) is 241 Å². The third-order valence-corrected chi connectivity index (χ3v) is 19.8. The number of ether oxygens (including phenoxy) is 6. The van der Waals surface area contributed by atoms with Gasteiger partial charge in [-0.2, -0.15) is 4.98 Å². The number of H-pyrrole nitrogens is 1. The number of para-hydroxylation sites is 1. The summed E-state index contributed by atoms with van der Waals surface area (Å²) in [4.78, 5) is 53.5. The largest absolute Gasteiger partial charge is 0.491 e. The minimum absolute atomic E-state index is 0.0210. The van der Waals surface area contributed by atoms with Gasteiger partial charge in [-0.1, -0.05) is 18.2 Å². The van der Waals surface area contributed by atoms with E-state index in [0.717, 1.165) is 118 Å². The number of carbonyl (C=O) groups excluding carboxylic acids is 1. The fourth-order valence-electron chi connectivity index (χ4n) is 14.3. The van der Waals surface area contributed by atoms with Gasteiger partial charge in [0, 0.05) is 93.6 Å². The van der Waals surface area contributed by atoms with Crippen LogP contribution < -0.4 is 43.7 Å². The molecule has 1 amide bonds. The maximum absolute atomic E-state index is 15.0. The Labute approximate surface area is 481 Å². The van der Waals surface area contributed by atoms with Crippen LogP contribution >= 0.6 is 0 Å². The second-order valence-electron chi connectivity index (χ2n) is 23.8. The van der Waals surface area contributed by atoms with E-state index < -0.39 is 37.5 Å². The number of sulfonamides is 1. The molecule has 6 aromatic rings. The number of hydrogen-bond donors (Lipinski definition) is 3. The number of aromatic amines is 1. The Balaban J connectivity index is 0.743. The molecule has 0 unspecified atom stereocenters. The van der Waals surface area contributed by atoms with Crippen LogP contribution in [0, 0.1) is 21.4 Å². The lowest BCUT2D eigenvalue weighted by Crippen LogP contribution is -2.60. The zero-order valence-corrected chi connectivity index (χ0v) is 47.5. The average Bonchev–Trinajstić information content (AvgIpc) is 4.22. The fourth-order valence-corrected chi connectivity index (χ4v) is 15.3. The second kappa shape index (κ2) is 21.6. The van der Waals surface area contributed by atoms with Crippen molar-refractivity contribution in [1.29, 1.82) is 0 Å². The Morgan fingerprint density at radius 3 is 2.55 bits per heavy atom. The molecule has 0 bridgehead atoms. The fraction of sp³-hybridized carbons (Fsp3) is 0.500. The smallest absolute Gasteiger partial charge is 0.297 e. The van der Waals surface area contributed by atoms with Crippen molar-refractivity contribution in [3.8, 4) is 23.3 Å². The van der Waals surface area contributed by atoms with Gasteiger partial charge in [-0.05, 0) is 119 Å². The molecule has 83 heavy (non-hydrogen) atoms. The summed E-state index contributed by atoms with van der Waals surface area (Å²) in [6.45, 7) is 10.9. The molecule has 3 N–H and O–H groups in total. The predicted molar refractivity (Wildman–Crippen MR) is 309 cm³/mol. The number of aromatic nitrogens is 4. The van der Waals surface area contributed by atoms with Crippen molar-refractivity contribution in [1.82, 2.24) is 29.6 Å². The summed E-state index contributed by atoms with van der Waals surface area (Å²) in [7, 11) is -4.72. The predicted octanol–water partition coefficient (Wildman–Crippen LogP) is 8.09. The van der Waals surface area contributed by atoms with E-state index in [1.807, 2.05) is 30.5 Å². The number of nitro groups is 1. The molecule has 10 heterocycles. The van der Waals surface area contributed by atoms with E-state index in [1.165, 1.54) is 11.6 Å². The lowest BCUT2D eigenvalue weighted by atomic mass is 9.59. The molecule has 14 rings (SSSR count). The number of nitrogens with one attached hydrogen (secondary N) is 3. The molecule has 436 valence electrons. The summed E-state index contributed by atoms with van der Waals surface area (Å²) in [6, 6.07) is 20.1. The number of hydrogen-bond acceptors (Lipinski definition) is 19. The highest BCUT2D eigenvalue weighted by Gasteiger charge is 2.51. The number of anilines is 5. The van der Waals surface area contributed by atoms with E-state index in [9.17, 15) is 23.3 Å². The van der Waals surface area contributed by atoms with Gasteiger partial charge in [0.1, 0.15) is 41.9 Å². The molecule has 1 saturated carbocycles. The molecule has 4 atom stereocenters. The SMILES string of the molecule is CC(C)Oc1ccccc1[C@@H]1CN(c2ncnc3c2CCCO3)CCN1C1CC2(CCN(c3ccc(C(=O)NS(=O)(=O)c4cc5c(c([N+](=O)[O-])c4)N[C@H](C4CCOCC4)CO5)c(N4c5cc6cc[nH]c6nc5O[C@H]5COCC[C@@H]54)c3)CC2)C1. The molecule has 4 saturated heterocycles. The van der Waals surface area contributed by atoms with Crippen LogP contribution in [0.3, 0.4) is 0 Å². The van der Waals surface area contributed by atoms with Gasteiger partial charge in [0.05, 0.1) is 64.1 Å². The van der Waals surface area contributed by atoms with Crippen LogP contribution in [0.5, 0.6) is 23.3 Å². The number of carbonyl (C=O) groups is 1. The third-order valence-electron chi connectivity index (χ3n) is 18.5. The molecule has 3 aromatic carbocycles. The number of amides is 1. The normalized spacial score (nSPS) is 23.6. The first-order valence-corrected chi connectivity index (χ1v) is 30.8. The number of nitrogens with zero attached hydrogens (tertiary/aromatic N) is 8. The van der Waals surface area contributed by atoms with Gasteiger partial charge >= 0.3 is 0 Å². The molecule has 22 nitrogen and oxygen atoms in total. The number of nitro benzene ring substituents is 1. The van der Waals surface area contributed by atoms with Crippen molar-refractivity contribution >= 4 is 61.2 Å². The third kappa shape index (κ3) is 10.0. The van der Waals surface area contributed by atoms with Gasteiger partial charge < -0.3 is 53.4 Å². The Morgan fingerprint density at radius 1 is 0.892 bits per heavy atom. The molecule has 0 radical (unpaired) electrons. The lowest BCUT2D eigenvalue weighted by molar-refractivity contribution is -0.384. The Bertz CT molecular complexity index is 3580. The van der Waals surface area contributed by atoms with E-state index in [1.54, 1.807) is 12.4 Å². The van der Waals surface area contributed by atoms with Crippen molar-refractivity contribution in [2.75, 3.05) is 92.4 Å².